The number of Topliss-reactive ketones (excluding diaryl/α,β-unsaturated/α-hetero) is 7. The molecule has 0 spiro atoms. The molecular weight excluding hydrogens is 1750 g/mol. The highest BCUT2D eigenvalue weighted by atomic mass is 16.6. The molecule has 1 fully saturated rings. The molecule has 134 heavy (non-hydrogen) atoms. The normalized spacial score (nSPS) is 11.7. The van der Waals surface area contributed by atoms with Gasteiger partial charge in [0.15, 0.2) is 40.5 Å². The van der Waals surface area contributed by atoms with Crippen molar-refractivity contribution in [3.8, 4) is 0 Å². The van der Waals surface area contributed by atoms with Gasteiger partial charge in [-0.3, -0.25) is 33.6 Å². The van der Waals surface area contributed by atoms with Crippen LogP contribution in [-0.2, 0) is 167 Å². The lowest BCUT2D eigenvalue weighted by atomic mass is 9.87. The van der Waals surface area contributed by atoms with Gasteiger partial charge in [0.2, 0.25) is 0 Å². The van der Waals surface area contributed by atoms with Crippen molar-refractivity contribution in [2.75, 3.05) is 92.5 Å². The van der Waals surface area contributed by atoms with Gasteiger partial charge in [-0.2, -0.15) is 0 Å². The predicted octanol–water partition coefficient (Wildman–Crippen LogP) is 13.5. The largest absolute Gasteiger partial charge is 0.459 e. The highest BCUT2D eigenvalue weighted by Crippen LogP contribution is 2.26. The van der Waals surface area contributed by atoms with Crippen molar-refractivity contribution in [1.29, 1.82) is 0 Å². The Hall–Kier alpha value is -13.4. The zero-order chi connectivity index (χ0) is 104. The molecule has 35 nitrogen and oxygen atoms in total. The molecule has 0 aromatic carbocycles. The molecule has 35 heteroatoms. The second kappa shape index (κ2) is 78.3. The number of esters is 14. The van der Waals surface area contributed by atoms with Crippen molar-refractivity contribution < 1.29 is 167 Å². The molecule has 0 aromatic rings. The van der Waals surface area contributed by atoms with E-state index in [0.29, 0.717) is 12.8 Å². The van der Waals surface area contributed by atoms with E-state index in [0.717, 1.165) is 57.8 Å². The first kappa shape index (κ1) is 131. The molecule has 0 aromatic heterocycles. The zero-order valence-electron chi connectivity index (χ0n) is 82.0. The fourth-order valence-corrected chi connectivity index (χ4v) is 9.10. The smallest absolute Gasteiger partial charge is 0.341 e. The number of ether oxygens (including phenoxy) is 14. The minimum Gasteiger partial charge on any atom is -0.459 e. The van der Waals surface area contributed by atoms with E-state index < -0.39 is 89.4 Å². The number of allylic oxidation sites excluding steroid dienone is 6. The van der Waals surface area contributed by atoms with Crippen LogP contribution in [0.5, 0.6) is 0 Å². The highest BCUT2D eigenvalue weighted by Gasteiger charge is 2.25. The molecule has 0 amide bonds. The molecule has 0 saturated heterocycles. The molecule has 1 atom stereocenters. The third kappa shape index (κ3) is 68.7. The quantitative estimate of drug-likeness (QED) is 0.0136. The zero-order valence-corrected chi connectivity index (χ0v) is 82.0. The van der Waals surface area contributed by atoms with Gasteiger partial charge in [-0.15, -0.1) is 0 Å². The van der Waals surface area contributed by atoms with Gasteiger partial charge in [-0.25, -0.2) is 67.1 Å². The maximum atomic E-state index is 12.0. The summed E-state index contributed by atoms with van der Waals surface area (Å²) in [6, 6.07) is 0. The van der Waals surface area contributed by atoms with Crippen LogP contribution < -0.4 is 0 Å². The van der Waals surface area contributed by atoms with Crippen molar-refractivity contribution in [3.05, 3.63) is 167 Å². The second-order valence-corrected chi connectivity index (χ2v) is 29.6. The van der Waals surface area contributed by atoms with Crippen molar-refractivity contribution in [1.82, 2.24) is 0 Å². The number of unbranched alkanes of at least 4 members (excludes halogenated alkanes) is 2. The van der Waals surface area contributed by atoms with Crippen molar-refractivity contribution in [2.45, 2.75) is 222 Å². The van der Waals surface area contributed by atoms with Crippen LogP contribution in [0.15, 0.2) is 167 Å². The molecule has 746 valence electrons. The van der Waals surface area contributed by atoms with Crippen LogP contribution in [0.25, 0.3) is 0 Å². The van der Waals surface area contributed by atoms with Gasteiger partial charge in [0.05, 0.1) is 39.0 Å². The Morgan fingerprint density at radius 1 is 0.284 bits per heavy atom. The molecular formula is C99H140O35. The molecule has 0 aliphatic heterocycles. The van der Waals surface area contributed by atoms with Crippen LogP contribution in [0.2, 0.25) is 0 Å². The first-order valence-electron chi connectivity index (χ1n) is 43.0. The molecule has 0 radical (unpaired) electrons. The molecule has 1 saturated carbocycles. The van der Waals surface area contributed by atoms with Gasteiger partial charge in [0.25, 0.3) is 0 Å². The summed E-state index contributed by atoms with van der Waals surface area (Å²) in [6.07, 6.45) is 20.8. The van der Waals surface area contributed by atoms with Gasteiger partial charge in [-0.1, -0.05) is 169 Å². The minimum absolute atomic E-state index is 0.0150. The SMILES string of the molecule is C=C(C)C(=O)OCCOC(=O)C(=C)C(C)=O.C=C(C)C(=O)OCCOC(=O)C(=CC(C)C)C(C)=O.C=C(C)C(=O)OCCOC(=O)C(=CC(CC)CCCC)C(C)=O.C=C(C)C(=O)OCCOC(=O)C(=CC)C(C)=O.C=C(C)C(=O)OCCOC(=O)C(=CC1CCCCC1)C(C)=O.C=C(C)C(=O)OCCOC(=O)C(=CCC)C(C)=O.C=C(C)C(=O)OCCOC(=O)C(=CCCC)C(C)=O. The average Bonchev–Trinajstić information content (AvgIpc) is 0.887. The number of hydrogen-bond acceptors (Lipinski definition) is 35. The fourth-order valence-electron chi connectivity index (χ4n) is 9.10. The Labute approximate surface area is 787 Å². The summed E-state index contributed by atoms with van der Waals surface area (Å²) in [5.41, 5.74) is 1.91. The van der Waals surface area contributed by atoms with Crippen molar-refractivity contribution in [2.24, 2.45) is 17.8 Å². The maximum Gasteiger partial charge on any atom is 0.341 e. The Kier molecular flexibility index (Phi) is 76.8. The number of rotatable bonds is 52. The van der Waals surface area contributed by atoms with Crippen LogP contribution >= 0.6 is 0 Å². The molecule has 1 aliphatic rings. The van der Waals surface area contributed by atoms with E-state index in [1.807, 2.05) is 34.6 Å². The number of hydrogen-bond donors (Lipinski definition) is 0. The number of carbonyl (C=O) groups excluding carboxylic acids is 21. The third-order valence-electron chi connectivity index (χ3n) is 16.3. The van der Waals surface area contributed by atoms with E-state index in [2.05, 4.69) is 69.0 Å². The summed E-state index contributed by atoms with van der Waals surface area (Å²) in [5.74, 6) is -10.7. The fraction of sp³-hybridized carbons (Fsp3) is 0.505. The summed E-state index contributed by atoms with van der Waals surface area (Å²) < 4.78 is 67.2. The summed E-state index contributed by atoms with van der Waals surface area (Å²) >= 11 is 0. The van der Waals surface area contributed by atoms with E-state index in [-0.39, 0.29) is 223 Å². The monoisotopic (exact) mass is 1890 g/mol. The molecule has 1 unspecified atom stereocenters. The summed E-state index contributed by atoms with van der Waals surface area (Å²) in [6.45, 7) is 59.0. The Morgan fingerprint density at radius 2 is 0.522 bits per heavy atom. The lowest BCUT2D eigenvalue weighted by Gasteiger charge is -2.18. The van der Waals surface area contributed by atoms with Gasteiger partial charge in [0, 0.05) is 39.0 Å². The van der Waals surface area contributed by atoms with Crippen molar-refractivity contribution in [3.63, 3.8) is 0 Å². The van der Waals surface area contributed by atoms with E-state index in [1.165, 1.54) is 116 Å². The molecule has 0 heterocycles. The standard InChI is InChI=1S/C18H28O5.C17H24O5.2C14H20O5.C13H18O5.C12H16O5.C11H14O5/c1-6-8-9-15(7-2)12-16(14(5)19)18(21)23-11-10-22-17(20)13(3)4;1-12(2)16(19)21-9-10-22-17(20)15(13(3)18)11-14-7-5-4-6-8-14;1-9(2)8-12(11(5)15)14(17)19-7-6-18-13(16)10(3)4;1-5-6-7-12(11(4)15)14(17)19-9-8-18-13(16)10(2)3;1-5-6-11(10(4)14)13(16)18-8-7-17-12(15)9(2)3;1-5-10(9(4)13)12(15)17-7-6-16-11(14)8(2)3;1-7(2)10(13)15-5-6-16-11(14)8(3)9(4)12/h12,15H,3,6-11H2,1-2,4-5H3;11,14H,1,4-10H2,2-3H3;8-9H,3,6-7H2,1-2,4-5H3;7H,2,5-6,8-9H2,1,3-4H3;6H,2,5,7-8H2,1,3-4H3;5H,2,6-7H2,1,3-4H3;1,3,5-6H2,2,4H3. The van der Waals surface area contributed by atoms with Gasteiger partial charge in [-0.05, 0) is 160 Å². The summed E-state index contributed by atoms with van der Waals surface area (Å²) in [5, 5.41) is 0. The minimum atomic E-state index is -0.807. The predicted molar refractivity (Wildman–Crippen MR) is 495 cm³/mol. The Balaban J connectivity index is -0.000000358. The number of ketones is 7. The highest BCUT2D eigenvalue weighted by molar-refractivity contribution is 6.19. The Bertz CT molecular complexity index is 4330. The van der Waals surface area contributed by atoms with E-state index in [4.69, 9.17) is 56.8 Å². The third-order valence-corrected chi connectivity index (χ3v) is 16.3. The van der Waals surface area contributed by atoms with Crippen LogP contribution in [0.3, 0.4) is 0 Å². The molecule has 1 aliphatic carbocycles. The summed E-state index contributed by atoms with van der Waals surface area (Å²) in [4.78, 5) is 237. The van der Waals surface area contributed by atoms with Gasteiger partial charge >= 0.3 is 83.6 Å². The van der Waals surface area contributed by atoms with Crippen LogP contribution in [-0.4, -0.2) is 217 Å². The van der Waals surface area contributed by atoms with Crippen LogP contribution in [0.1, 0.15) is 222 Å². The van der Waals surface area contributed by atoms with Crippen molar-refractivity contribution >= 4 is 124 Å². The maximum absolute atomic E-state index is 12.0. The lowest BCUT2D eigenvalue weighted by molar-refractivity contribution is -0.148. The first-order valence-corrected chi connectivity index (χ1v) is 43.0. The van der Waals surface area contributed by atoms with E-state index in [9.17, 15) is 101 Å². The molecule has 0 bridgehead atoms. The number of carbonyl (C=O) groups is 21. The van der Waals surface area contributed by atoms with E-state index >= 15 is 0 Å². The van der Waals surface area contributed by atoms with Gasteiger partial charge < -0.3 is 66.3 Å². The summed E-state index contributed by atoms with van der Waals surface area (Å²) in [7, 11) is 0. The van der Waals surface area contributed by atoms with Gasteiger partial charge in [0.1, 0.15) is 92.5 Å². The topological polar surface area (TPSA) is 488 Å². The second-order valence-electron chi connectivity index (χ2n) is 29.6. The van der Waals surface area contributed by atoms with Crippen LogP contribution in [0, 0.1) is 17.8 Å². The lowest BCUT2D eigenvalue weighted by Crippen LogP contribution is -2.19. The van der Waals surface area contributed by atoms with Crippen LogP contribution in [0.4, 0.5) is 0 Å². The average molecular weight is 1890 g/mol. The Morgan fingerprint density at radius 3 is 0.746 bits per heavy atom. The molecule has 1 rings (SSSR count). The molecule has 0 N–H and O–H groups in total. The first-order chi connectivity index (χ1) is 62.5. The van der Waals surface area contributed by atoms with E-state index in [1.54, 1.807) is 31.2 Å².